The summed E-state index contributed by atoms with van der Waals surface area (Å²) in [7, 11) is 0. The van der Waals surface area contributed by atoms with Gasteiger partial charge in [0.05, 0.1) is 5.56 Å². The van der Waals surface area contributed by atoms with Crippen LogP contribution in [0.25, 0.3) is 0 Å². The van der Waals surface area contributed by atoms with Crippen LogP contribution in [0.5, 0.6) is 0 Å². The number of thiazole rings is 1. The van der Waals surface area contributed by atoms with Gasteiger partial charge in [0.1, 0.15) is 22.3 Å². The molecule has 1 aromatic heterocycles. The van der Waals surface area contributed by atoms with Crippen LogP contribution < -0.4 is 21.7 Å². The van der Waals surface area contributed by atoms with E-state index in [9.17, 15) is 18.4 Å². The molecule has 2 heterocycles. The number of rotatable bonds is 8. The van der Waals surface area contributed by atoms with Crippen molar-refractivity contribution >= 4 is 39.7 Å². The highest BCUT2D eigenvalue weighted by atomic mass is 32.1. The lowest BCUT2D eigenvalue weighted by molar-refractivity contribution is 0.0942. The number of aromatic nitrogens is 1. The van der Waals surface area contributed by atoms with Crippen molar-refractivity contribution in [2.24, 2.45) is 0 Å². The Morgan fingerprint density at radius 1 is 1.11 bits per heavy atom. The fraction of sp³-hybridized carbons (Fsp3) is 0.320. The van der Waals surface area contributed by atoms with Gasteiger partial charge >= 0.3 is 0 Å². The van der Waals surface area contributed by atoms with Crippen LogP contribution in [0, 0.1) is 11.6 Å². The maximum Gasteiger partial charge on any atom is 0.251 e. The first kappa shape index (κ1) is 25.7. The fourth-order valence-corrected chi connectivity index (χ4v) is 5.11. The van der Waals surface area contributed by atoms with Gasteiger partial charge in [-0.3, -0.25) is 14.5 Å². The number of nitrogens with zero attached hydrogens (tertiary/aromatic N) is 2. The Morgan fingerprint density at radius 2 is 1.75 bits per heavy atom. The Bertz CT molecular complexity index is 1220. The third kappa shape index (κ3) is 6.04. The molecule has 3 aromatic rings. The molecule has 0 spiro atoms. The number of hydrogen-bond acceptors (Lipinski definition) is 8. The summed E-state index contributed by atoms with van der Waals surface area (Å²) in [6.45, 7) is 7.53. The lowest BCUT2D eigenvalue weighted by Gasteiger charge is -2.36. The molecule has 1 saturated heterocycles. The number of piperazine rings is 1. The second-order valence-electron chi connectivity index (χ2n) is 8.85. The van der Waals surface area contributed by atoms with Gasteiger partial charge in [0.2, 0.25) is 5.78 Å². The zero-order valence-electron chi connectivity index (χ0n) is 20.0. The number of hydrogen-bond donors (Lipinski definition) is 4. The van der Waals surface area contributed by atoms with Crippen LogP contribution in [0.15, 0.2) is 42.5 Å². The first-order valence-corrected chi connectivity index (χ1v) is 12.4. The summed E-state index contributed by atoms with van der Waals surface area (Å²) in [5.41, 5.74) is 6.29. The molecule has 2 atom stereocenters. The molecule has 1 aliphatic rings. The number of benzene rings is 2. The van der Waals surface area contributed by atoms with Gasteiger partial charge in [-0.2, -0.15) is 0 Å². The SMILES string of the molecule is CC1CN(CCNC(=O)c2ccc(Nc3nc(N)c(C(=O)c4c(F)cccc4F)s3)cc2)CC(C)N1. The van der Waals surface area contributed by atoms with Crippen molar-refractivity contribution in [3.63, 3.8) is 0 Å². The lowest BCUT2D eigenvalue weighted by Crippen LogP contribution is -2.55. The van der Waals surface area contributed by atoms with Crippen LogP contribution in [0.2, 0.25) is 0 Å². The minimum Gasteiger partial charge on any atom is -0.382 e. The number of ketones is 1. The topological polar surface area (TPSA) is 112 Å². The quantitative estimate of drug-likeness (QED) is 0.341. The van der Waals surface area contributed by atoms with Crippen molar-refractivity contribution in [2.75, 3.05) is 37.2 Å². The molecule has 0 aliphatic carbocycles. The number of nitrogens with two attached hydrogens (primary N) is 1. The van der Waals surface area contributed by atoms with Crippen molar-refractivity contribution in [1.29, 1.82) is 0 Å². The van der Waals surface area contributed by atoms with Gasteiger partial charge < -0.3 is 21.7 Å². The van der Waals surface area contributed by atoms with Crippen LogP contribution in [-0.2, 0) is 0 Å². The van der Waals surface area contributed by atoms with E-state index in [1.807, 2.05) is 0 Å². The van der Waals surface area contributed by atoms with Crippen LogP contribution >= 0.6 is 11.3 Å². The molecule has 8 nitrogen and oxygen atoms in total. The van der Waals surface area contributed by atoms with E-state index >= 15 is 0 Å². The smallest absolute Gasteiger partial charge is 0.251 e. The Balaban J connectivity index is 1.34. The van der Waals surface area contributed by atoms with Gasteiger partial charge in [0, 0.05) is 49.5 Å². The molecule has 2 unspecified atom stereocenters. The maximum atomic E-state index is 14.0. The van der Waals surface area contributed by atoms with E-state index in [1.165, 1.54) is 6.07 Å². The van der Waals surface area contributed by atoms with Gasteiger partial charge in [-0.05, 0) is 50.2 Å². The summed E-state index contributed by atoms with van der Waals surface area (Å²) in [4.78, 5) is 31.5. The van der Waals surface area contributed by atoms with Gasteiger partial charge in [-0.15, -0.1) is 0 Å². The number of carbonyl (C=O) groups excluding carboxylic acids is 2. The average Bonchev–Trinajstić information content (AvgIpc) is 3.18. The zero-order chi connectivity index (χ0) is 25.8. The Morgan fingerprint density at radius 3 is 2.39 bits per heavy atom. The summed E-state index contributed by atoms with van der Waals surface area (Å²) in [6, 6.07) is 10.8. The highest BCUT2D eigenvalue weighted by molar-refractivity contribution is 7.18. The van der Waals surface area contributed by atoms with E-state index in [1.54, 1.807) is 24.3 Å². The van der Waals surface area contributed by atoms with Gasteiger partial charge in [-0.1, -0.05) is 17.4 Å². The van der Waals surface area contributed by atoms with E-state index < -0.39 is 23.0 Å². The minimum atomic E-state index is -0.965. The predicted molar refractivity (Wildman–Crippen MR) is 137 cm³/mol. The van der Waals surface area contributed by atoms with Crippen molar-refractivity contribution in [1.82, 2.24) is 20.5 Å². The Hall–Kier alpha value is -3.41. The number of amides is 1. The van der Waals surface area contributed by atoms with E-state index in [4.69, 9.17) is 5.73 Å². The first-order valence-electron chi connectivity index (χ1n) is 11.6. The van der Waals surface area contributed by atoms with E-state index in [-0.39, 0.29) is 21.7 Å². The van der Waals surface area contributed by atoms with E-state index in [0.717, 1.165) is 43.1 Å². The Kier molecular flexibility index (Phi) is 7.92. The molecule has 1 fully saturated rings. The third-order valence-electron chi connectivity index (χ3n) is 5.79. The molecule has 0 bridgehead atoms. The monoisotopic (exact) mass is 514 g/mol. The molecule has 190 valence electrons. The molecule has 0 saturated carbocycles. The predicted octanol–water partition coefficient (Wildman–Crippen LogP) is 3.39. The van der Waals surface area contributed by atoms with Gasteiger partial charge in [0.25, 0.3) is 5.91 Å². The van der Waals surface area contributed by atoms with Crippen LogP contribution in [0.3, 0.4) is 0 Å². The highest BCUT2D eigenvalue weighted by Gasteiger charge is 2.24. The summed E-state index contributed by atoms with van der Waals surface area (Å²) in [5.74, 6) is -3.10. The average molecular weight is 515 g/mol. The molecule has 5 N–H and O–H groups in total. The summed E-state index contributed by atoms with van der Waals surface area (Å²) in [5, 5.41) is 9.72. The summed E-state index contributed by atoms with van der Waals surface area (Å²) < 4.78 is 28.0. The normalized spacial score (nSPS) is 18.1. The lowest BCUT2D eigenvalue weighted by atomic mass is 10.1. The van der Waals surface area contributed by atoms with Crippen LogP contribution in [0.4, 0.5) is 25.4 Å². The largest absolute Gasteiger partial charge is 0.382 e. The van der Waals surface area contributed by atoms with Crippen molar-refractivity contribution in [3.8, 4) is 0 Å². The summed E-state index contributed by atoms with van der Waals surface area (Å²) >= 11 is 0.892. The fourth-order valence-electron chi connectivity index (χ4n) is 4.26. The van der Waals surface area contributed by atoms with Crippen molar-refractivity contribution in [2.45, 2.75) is 25.9 Å². The first-order chi connectivity index (χ1) is 17.2. The summed E-state index contributed by atoms with van der Waals surface area (Å²) in [6.07, 6.45) is 0. The number of carbonyl (C=O) groups is 2. The molecule has 2 aromatic carbocycles. The molecule has 36 heavy (non-hydrogen) atoms. The van der Waals surface area contributed by atoms with Crippen molar-refractivity contribution < 1.29 is 18.4 Å². The molecular weight excluding hydrogens is 486 g/mol. The molecular formula is C25H28F2N6O2S. The Labute approximate surface area is 211 Å². The number of anilines is 3. The van der Waals surface area contributed by atoms with Crippen LogP contribution in [0.1, 0.15) is 39.4 Å². The zero-order valence-corrected chi connectivity index (χ0v) is 20.8. The molecule has 1 aliphatic heterocycles. The van der Waals surface area contributed by atoms with Gasteiger partial charge in [0.15, 0.2) is 5.13 Å². The molecule has 11 heteroatoms. The van der Waals surface area contributed by atoms with Crippen LogP contribution in [-0.4, -0.2) is 59.8 Å². The van der Waals surface area contributed by atoms with Gasteiger partial charge in [-0.25, -0.2) is 13.8 Å². The van der Waals surface area contributed by atoms with E-state index in [2.05, 4.69) is 39.7 Å². The maximum absolute atomic E-state index is 14.0. The molecule has 0 radical (unpaired) electrons. The number of nitrogens with one attached hydrogen (secondary N) is 3. The third-order valence-corrected chi connectivity index (χ3v) is 6.78. The van der Waals surface area contributed by atoms with E-state index in [0.29, 0.717) is 29.9 Å². The minimum absolute atomic E-state index is 0.0641. The second kappa shape index (κ2) is 11.1. The standard InChI is InChI=1S/C25H28F2N6O2S/c1-14-12-33(13-15(2)30-14)11-10-29-24(35)16-6-8-17(9-7-16)31-25-32-23(28)22(36-25)21(34)20-18(26)4-3-5-19(20)27/h3-9,14-15,30H,10-13,28H2,1-2H3,(H,29,35)(H,31,32). The number of halogens is 2. The van der Waals surface area contributed by atoms with Crippen molar-refractivity contribution in [3.05, 3.63) is 70.1 Å². The highest BCUT2D eigenvalue weighted by Crippen LogP contribution is 2.31. The molecule has 4 rings (SSSR count). The second-order valence-corrected chi connectivity index (χ2v) is 9.84. The molecule has 1 amide bonds. The number of nitrogen functional groups attached to an aromatic ring is 1.